The number of hydrogen-bond donors (Lipinski definition) is 0. The van der Waals surface area contributed by atoms with Crippen molar-refractivity contribution in [1.29, 1.82) is 0 Å². The number of hydrogen-bond acceptors (Lipinski definition) is 2. The Kier molecular flexibility index (Phi) is 5.45. The van der Waals surface area contributed by atoms with Crippen LogP contribution in [0.2, 0.25) is 0 Å². The molecule has 0 atom stereocenters. The topological polar surface area (TPSA) is 29.5 Å². The van der Waals surface area contributed by atoms with E-state index in [9.17, 15) is 18.0 Å². The van der Waals surface area contributed by atoms with Gasteiger partial charge in [-0.3, -0.25) is 4.79 Å². The average Bonchev–Trinajstić information content (AvgIpc) is 2.52. The number of nitrogens with zero attached hydrogens (tertiary/aromatic N) is 1. The zero-order chi connectivity index (χ0) is 16.2. The molecule has 0 saturated carbocycles. The molecule has 6 heteroatoms. The number of rotatable bonds is 4. The third-order valence-corrected chi connectivity index (χ3v) is 4.09. The van der Waals surface area contributed by atoms with Crippen molar-refractivity contribution in [2.45, 2.75) is 25.4 Å². The Morgan fingerprint density at radius 3 is 2.32 bits per heavy atom. The van der Waals surface area contributed by atoms with Crippen LogP contribution in [-0.4, -0.2) is 37.6 Å². The maximum Gasteiger partial charge on any atom is 0.416 e. The van der Waals surface area contributed by atoms with Gasteiger partial charge in [0.2, 0.25) is 0 Å². The number of likely N-dealkylation sites (tertiary alicyclic amines) is 1. The van der Waals surface area contributed by atoms with Gasteiger partial charge < -0.3 is 9.64 Å². The fraction of sp³-hybridized carbons (Fsp3) is 0.562. The molecule has 0 aliphatic carbocycles. The van der Waals surface area contributed by atoms with Crippen LogP contribution in [0, 0.1) is 5.92 Å². The van der Waals surface area contributed by atoms with Crippen LogP contribution in [0.4, 0.5) is 13.2 Å². The lowest BCUT2D eigenvalue weighted by molar-refractivity contribution is -0.137. The second-order valence-corrected chi connectivity index (χ2v) is 5.59. The Labute approximate surface area is 128 Å². The highest BCUT2D eigenvalue weighted by atomic mass is 19.4. The first-order chi connectivity index (χ1) is 10.4. The first-order valence-electron chi connectivity index (χ1n) is 7.37. The number of piperidine rings is 1. The summed E-state index contributed by atoms with van der Waals surface area (Å²) in [5.41, 5.74) is -0.425. The lowest BCUT2D eigenvalue weighted by Crippen LogP contribution is -2.38. The smallest absolute Gasteiger partial charge is 0.385 e. The van der Waals surface area contributed by atoms with Crippen LogP contribution in [0.25, 0.3) is 0 Å². The maximum atomic E-state index is 12.5. The van der Waals surface area contributed by atoms with Gasteiger partial charge in [0.05, 0.1) is 5.56 Å². The van der Waals surface area contributed by atoms with Crippen molar-refractivity contribution < 1.29 is 22.7 Å². The predicted octanol–water partition coefficient (Wildman–Crippen LogP) is 3.59. The molecule has 1 heterocycles. The molecule has 1 aliphatic heterocycles. The van der Waals surface area contributed by atoms with Crippen molar-refractivity contribution in [3.63, 3.8) is 0 Å². The highest BCUT2D eigenvalue weighted by molar-refractivity contribution is 5.94. The van der Waals surface area contributed by atoms with Gasteiger partial charge in [0.1, 0.15) is 0 Å². The van der Waals surface area contributed by atoms with Crippen LogP contribution < -0.4 is 0 Å². The number of carbonyl (C=O) groups is 1. The summed E-state index contributed by atoms with van der Waals surface area (Å²) in [6.07, 6.45) is -1.56. The molecule has 2 rings (SSSR count). The highest BCUT2D eigenvalue weighted by Gasteiger charge is 2.30. The number of methoxy groups -OCH3 is 1. The lowest BCUT2D eigenvalue weighted by atomic mass is 9.93. The predicted molar refractivity (Wildman–Crippen MR) is 76.6 cm³/mol. The van der Waals surface area contributed by atoms with Crippen molar-refractivity contribution in [3.8, 4) is 0 Å². The Balaban J connectivity index is 1.92. The summed E-state index contributed by atoms with van der Waals surface area (Å²) >= 11 is 0. The molecule has 122 valence electrons. The Hall–Kier alpha value is -1.56. The minimum Gasteiger partial charge on any atom is -0.385 e. The molecule has 1 fully saturated rings. The molecule has 22 heavy (non-hydrogen) atoms. The molecule has 1 amide bonds. The number of alkyl halides is 3. The largest absolute Gasteiger partial charge is 0.416 e. The fourth-order valence-corrected chi connectivity index (χ4v) is 2.69. The van der Waals surface area contributed by atoms with Gasteiger partial charge in [-0.2, -0.15) is 13.2 Å². The Morgan fingerprint density at radius 1 is 1.23 bits per heavy atom. The van der Waals surface area contributed by atoms with Crippen molar-refractivity contribution in [1.82, 2.24) is 4.90 Å². The summed E-state index contributed by atoms with van der Waals surface area (Å²) in [4.78, 5) is 14.0. The summed E-state index contributed by atoms with van der Waals surface area (Å²) < 4.78 is 42.6. The van der Waals surface area contributed by atoms with Gasteiger partial charge in [0.15, 0.2) is 0 Å². The van der Waals surface area contributed by atoms with Crippen LogP contribution in [0.5, 0.6) is 0 Å². The number of carbonyl (C=O) groups excluding carboxylic acids is 1. The van der Waals surface area contributed by atoms with Gasteiger partial charge in [-0.25, -0.2) is 0 Å². The Morgan fingerprint density at radius 2 is 1.82 bits per heavy atom. The minimum absolute atomic E-state index is 0.195. The molecule has 1 saturated heterocycles. The van der Waals surface area contributed by atoms with Crippen molar-refractivity contribution in [2.24, 2.45) is 5.92 Å². The van der Waals surface area contributed by atoms with E-state index in [1.807, 2.05) is 0 Å². The van der Waals surface area contributed by atoms with E-state index in [0.29, 0.717) is 24.6 Å². The number of benzene rings is 1. The number of ether oxygens (including phenoxy) is 1. The summed E-state index contributed by atoms with van der Waals surface area (Å²) in [6.45, 7) is 2.01. The molecular weight excluding hydrogens is 295 g/mol. The van der Waals surface area contributed by atoms with Crippen molar-refractivity contribution in [2.75, 3.05) is 26.8 Å². The van der Waals surface area contributed by atoms with E-state index in [4.69, 9.17) is 4.74 Å². The van der Waals surface area contributed by atoms with E-state index < -0.39 is 11.7 Å². The van der Waals surface area contributed by atoms with Crippen molar-refractivity contribution >= 4 is 5.91 Å². The molecule has 1 aromatic rings. The van der Waals surface area contributed by atoms with Gasteiger partial charge in [-0.15, -0.1) is 0 Å². The summed E-state index contributed by atoms with van der Waals surface area (Å²) in [5, 5.41) is 0. The van der Waals surface area contributed by atoms with E-state index in [2.05, 4.69) is 0 Å². The van der Waals surface area contributed by atoms with E-state index in [0.717, 1.165) is 38.0 Å². The Bertz CT molecular complexity index is 491. The third kappa shape index (κ3) is 4.22. The molecular formula is C16H20F3NO2. The van der Waals surface area contributed by atoms with Gasteiger partial charge in [-0.1, -0.05) is 0 Å². The normalized spacial score (nSPS) is 16.8. The maximum absolute atomic E-state index is 12.5. The van der Waals surface area contributed by atoms with Gasteiger partial charge >= 0.3 is 6.18 Å². The molecule has 0 bridgehead atoms. The van der Waals surface area contributed by atoms with E-state index in [-0.39, 0.29) is 5.91 Å². The molecule has 0 unspecified atom stereocenters. The first-order valence-corrected chi connectivity index (χ1v) is 7.37. The number of amides is 1. The second kappa shape index (κ2) is 7.13. The first kappa shape index (κ1) is 16.8. The quantitative estimate of drug-likeness (QED) is 0.850. The fourth-order valence-electron chi connectivity index (χ4n) is 2.69. The molecule has 1 aromatic carbocycles. The van der Waals surface area contributed by atoms with E-state index in [1.54, 1.807) is 12.0 Å². The molecule has 3 nitrogen and oxygen atoms in total. The summed E-state index contributed by atoms with van der Waals surface area (Å²) in [6, 6.07) is 4.42. The van der Waals surface area contributed by atoms with Crippen molar-refractivity contribution in [3.05, 3.63) is 35.4 Å². The number of halogens is 3. The van der Waals surface area contributed by atoms with Gasteiger partial charge in [-0.05, 0) is 49.4 Å². The van der Waals surface area contributed by atoms with Crippen LogP contribution in [0.3, 0.4) is 0 Å². The molecule has 0 N–H and O–H groups in total. The standard InChI is InChI=1S/C16H20F3NO2/c1-22-11-8-12-6-9-20(10-7-12)15(21)13-2-4-14(5-3-13)16(17,18)19/h2-5,12H,6-11H2,1H3. The van der Waals surface area contributed by atoms with Crippen LogP contribution in [-0.2, 0) is 10.9 Å². The average molecular weight is 315 g/mol. The highest BCUT2D eigenvalue weighted by Crippen LogP contribution is 2.29. The van der Waals surface area contributed by atoms with Crippen LogP contribution in [0.15, 0.2) is 24.3 Å². The summed E-state index contributed by atoms with van der Waals surface area (Å²) in [7, 11) is 1.67. The van der Waals surface area contributed by atoms with E-state index in [1.165, 1.54) is 12.1 Å². The monoisotopic (exact) mass is 315 g/mol. The molecule has 0 aromatic heterocycles. The molecule has 1 aliphatic rings. The van der Waals surface area contributed by atoms with Crippen LogP contribution in [0.1, 0.15) is 35.2 Å². The van der Waals surface area contributed by atoms with Gasteiger partial charge in [0, 0.05) is 32.4 Å². The second-order valence-electron chi connectivity index (χ2n) is 5.59. The SMILES string of the molecule is COCCC1CCN(C(=O)c2ccc(C(F)(F)F)cc2)CC1. The van der Waals surface area contributed by atoms with E-state index >= 15 is 0 Å². The summed E-state index contributed by atoms with van der Waals surface area (Å²) in [5.74, 6) is 0.357. The molecule has 0 radical (unpaired) electrons. The minimum atomic E-state index is -4.37. The molecule has 0 spiro atoms. The van der Waals surface area contributed by atoms with Crippen LogP contribution >= 0.6 is 0 Å². The lowest BCUT2D eigenvalue weighted by Gasteiger charge is -2.32. The van der Waals surface area contributed by atoms with Gasteiger partial charge in [0.25, 0.3) is 5.91 Å². The zero-order valence-corrected chi connectivity index (χ0v) is 12.5. The zero-order valence-electron chi connectivity index (χ0n) is 12.5. The third-order valence-electron chi connectivity index (χ3n) is 4.09.